The highest BCUT2D eigenvalue weighted by Gasteiger charge is 2.21. The van der Waals surface area contributed by atoms with E-state index in [1.165, 1.54) is 0 Å². The highest BCUT2D eigenvalue weighted by Crippen LogP contribution is 2.07. The van der Waals surface area contributed by atoms with Gasteiger partial charge >= 0.3 is 0 Å². The summed E-state index contributed by atoms with van der Waals surface area (Å²) in [5, 5.41) is 0. The Morgan fingerprint density at radius 3 is 3.12 bits per heavy atom. The fraction of sp³-hybridized carbons (Fsp3) is 0.667. The van der Waals surface area contributed by atoms with Crippen molar-refractivity contribution in [3.8, 4) is 0 Å². The van der Waals surface area contributed by atoms with E-state index in [-0.39, 0.29) is 0 Å². The zero-order chi connectivity index (χ0) is 5.82. The van der Waals surface area contributed by atoms with Gasteiger partial charge in [-0.25, -0.2) is 0 Å². The molecule has 0 amide bonds. The molecule has 1 fully saturated rings. The van der Waals surface area contributed by atoms with Gasteiger partial charge in [-0.05, 0) is 0 Å². The van der Waals surface area contributed by atoms with Gasteiger partial charge in [0.15, 0.2) is 0 Å². The SMILES string of the molecule is C=CCOC[C@H]1CO1. The van der Waals surface area contributed by atoms with E-state index in [0.29, 0.717) is 12.7 Å². The Hall–Kier alpha value is -0.340. The van der Waals surface area contributed by atoms with Crippen molar-refractivity contribution < 1.29 is 9.47 Å². The standard InChI is InChI=1S/C6H10O2/c1-2-3-7-4-6-5-8-6/h2,6H,1,3-5H2/t6-/m0/s1. The first-order chi connectivity index (χ1) is 3.93. The van der Waals surface area contributed by atoms with E-state index in [9.17, 15) is 0 Å². The van der Waals surface area contributed by atoms with E-state index in [1.54, 1.807) is 6.08 Å². The number of ether oxygens (including phenoxy) is 2. The lowest BCUT2D eigenvalue weighted by atomic mass is 10.5. The van der Waals surface area contributed by atoms with E-state index < -0.39 is 0 Å². The van der Waals surface area contributed by atoms with E-state index in [0.717, 1.165) is 13.2 Å². The van der Waals surface area contributed by atoms with Crippen LogP contribution in [0.3, 0.4) is 0 Å². The molecule has 1 aliphatic heterocycles. The fourth-order valence-electron chi connectivity index (χ4n) is 0.447. The molecule has 0 aromatic carbocycles. The Balaban J connectivity index is 1.80. The second-order valence-corrected chi connectivity index (χ2v) is 1.78. The number of epoxide rings is 1. The predicted octanol–water partition coefficient (Wildman–Crippen LogP) is 0.588. The van der Waals surface area contributed by atoms with Crippen LogP contribution in [0.2, 0.25) is 0 Å². The first-order valence-corrected chi connectivity index (χ1v) is 2.73. The summed E-state index contributed by atoms with van der Waals surface area (Å²) in [5.41, 5.74) is 0. The molecule has 0 unspecified atom stereocenters. The van der Waals surface area contributed by atoms with Crippen molar-refractivity contribution in [2.45, 2.75) is 6.10 Å². The Morgan fingerprint density at radius 2 is 2.62 bits per heavy atom. The maximum atomic E-state index is 5.06. The van der Waals surface area contributed by atoms with E-state index in [4.69, 9.17) is 9.47 Å². The minimum absolute atomic E-state index is 0.384. The molecule has 1 aliphatic rings. The average molecular weight is 114 g/mol. The molecule has 0 spiro atoms. The van der Waals surface area contributed by atoms with Crippen LogP contribution in [0.15, 0.2) is 12.7 Å². The molecule has 2 nitrogen and oxygen atoms in total. The normalized spacial score (nSPS) is 25.2. The largest absolute Gasteiger partial charge is 0.375 e. The van der Waals surface area contributed by atoms with Crippen LogP contribution in [-0.2, 0) is 9.47 Å². The van der Waals surface area contributed by atoms with Gasteiger partial charge in [-0.15, -0.1) is 6.58 Å². The summed E-state index contributed by atoms with van der Waals surface area (Å²) in [6.45, 7) is 5.75. The quantitative estimate of drug-likeness (QED) is 0.303. The highest BCUT2D eigenvalue weighted by atomic mass is 16.6. The average Bonchev–Trinajstić information content (AvgIpc) is 2.51. The van der Waals surface area contributed by atoms with Gasteiger partial charge in [-0.3, -0.25) is 0 Å². The molecule has 0 N–H and O–H groups in total. The van der Waals surface area contributed by atoms with Crippen molar-refractivity contribution in [3.05, 3.63) is 12.7 Å². The maximum Gasteiger partial charge on any atom is 0.104 e. The molecule has 1 heterocycles. The van der Waals surface area contributed by atoms with Crippen molar-refractivity contribution in [3.63, 3.8) is 0 Å². The summed E-state index contributed by atoms with van der Waals surface area (Å²) >= 11 is 0. The molecule has 8 heavy (non-hydrogen) atoms. The van der Waals surface area contributed by atoms with Gasteiger partial charge < -0.3 is 9.47 Å². The number of rotatable bonds is 4. The molecule has 1 rings (SSSR count). The zero-order valence-corrected chi connectivity index (χ0v) is 4.80. The molecular formula is C6H10O2. The Kier molecular flexibility index (Phi) is 2.06. The van der Waals surface area contributed by atoms with Crippen LogP contribution in [0.4, 0.5) is 0 Å². The Bertz CT molecular complexity index is 76.6. The van der Waals surface area contributed by atoms with Crippen LogP contribution in [0, 0.1) is 0 Å². The third-order valence-electron chi connectivity index (χ3n) is 0.942. The second-order valence-electron chi connectivity index (χ2n) is 1.78. The van der Waals surface area contributed by atoms with Gasteiger partial charge in [0.05, 0.1) is 19.8 Å². The van der Waals surface area contributed by atoms with Crippen molar-refractivity contribution in [2.24, 2.45) is 0 Å². The van der Waals surface area contributed by atoms with E-state index >= 15 is 0 Å². The monoisotopic (exact) mass is 114 g/mol. The molecular weight excluding hydrogens is 104 g/mol. The molecule has 46 valence electrons. The van der Waals surface area contributed by atoms with Crippen molar-refractivity contribution in [1.29, 1.82) is 0 Å². The van der Waals surface area contributed by atoms with Gasteiger partial charge in [0.1, 0.15) is 6.10 Å². The minimum atomic E-state index is 0.384. The Labute approximate surface area is 49.1 Å². The van der Waals surface area contributed by atoms with Gasteiger partial charge in [-0.1, -0.05) is 6.08 Å². The Morgan fingerprint density at radius 1 is 1.88 bits per heavy atom. The molecule has 1 saturated heterocycles. The second kappa shape index (κ2) is 2.84. The lowest BCUT2D eigenvalue weighted by Crippen LogP contribution is -2.00. The summed E-state index contributed by atoms with van der Waals surface area (Å²) in [6, 6.07) is 0. The van der Waals surface area contributed by atoms with Crippen LogP contribution in [0.1, 0.15) is 0 Å². The minimum Gasteiger partial charge on any atom is -0.375 e. The number of hydrogen-bond acceptors (Lipinski definition) is 2. The maximum absolute atomic E-state index is 5.06. The third-order valence-corrected chi connectivity index (χ3v) is 0.942. The van der Waals surface area contributed by atoms with E-state index in [1.807, 2.05) is 0 Å². The van der Waals surface area contributed by atoms with Crippen LogP contribution in [0.25, 0.3) is 0 Å². The first-order valence-electron chi connectivity index (χ1n) is 2.73. The molecule has 0 aromatic rings. The topological polar surface area (TPSA) is 21.8 Å². The zero-order valence-electron chi connectivity index (χ0n) is 4.80. The third kappa shape index (κ3) is 2.09. The molecule has 1 atom stereocenters. The van der Waals surface area contributed by atoms with E-state index in [2.05, 4.69) is 6.58 Å². The molecule has 0 radical (unpaired) electrons. The number of hydrogen-bond donors (Lipinski definition) is 0. The summed E-state index contributed by atoms with van der Waals surface area (Å²) in [4.78, 5) is 0. The summed E-state index contributed by atoms with van der Waals surface area (Å²) in [6.07, 6.45) is 2.12. The van der Waals surface area contributed by atoms with Gasteiger partial charge in [0.2, 0.25) is 0 Å². The van der Waals surface area contributed by atoms with Gasteiger partial charge in [-0.2, -0.15) is 0 Å². The van der Waals surface area contributed by atoms with Crippen molar-refractivity contribution in [2.75, 3.05) is 19.8 Å². The van der Waals surface area contributed by atoms with Crippen LogP contribution in [-0.4, -0.2) is 25.9 Å². The molecule has 0 aromatic heterocycles. The first kappa shape index (κ1) is 5.79. The van der Waals surface area contributed by atoms with Crippen LogP contribution in [0.5, 0.6) is 0 Å². The molecule has 0 aliphatic carbocycles. The lowest BCUT2D eigenvalue weighted by Gasteiger charge is -1.92. The van der Waals surface area contributed by atoms with Crippen molar-refractivity contribution >= 4 is 0 Å². The molecule has 0 bridgehead atoms. The van der Waals surface area contributed by atoms with Crippen LogP contribution >= 0.6 is 0 Å². The smallest absolute Gasteiger partial charge is 0.104 e. The van der Waals surface area contributed by atoms with Gasteiger partial charge in [0.25, 0.3) is 0 Å². The predicted molar refractivity (Wildman–Crippen MR) is 30.8 cm³/mol. The van der Waals surface area contributed by atoms with Crippen molar-refractivity contribution in [1.82, 2.24) is 0 Å². The lowest BCUT2D eigenvalue weighted by molar-refractivity contribution is 0.141. The van der Waals surface area contributed by atoms with Gasteiger partial charge in [0, 0.05) is 0 Å². The van der Waals surface area contributed by atoms with Crippen LogP contribution < -0.4 is 0 Å². The summed E-state index contributed by atoms with van der Waals surface area (Å²) in [5.74, 6) is 0. The molecule has 2 heteroatoms. The summed E-state index contributed by atoms with van der Waals surface area (Å²) in [7, 11) is 0. The molecule has 0 saturated carbocycles. The highest BCUT2D eigenvalue weighted by molar-refractivity contribution is 4.70. The summed E-state index contributed by atoms with van der Waals surface area (Å²) < 4.78 is 9.96. The fourth-order valence-corrected chi connectivity index (χ4v) is 0.447.